The van der Waals surface area contributed by atoms with Crippen LogP contribution in [0.2, 0.25) is 0 Å². The predicted octanol–water partition coefficient (Wildman–Crippen LogP) is 10.7. The van der Waals surface area contributed by atoms with Gasteiger partial charge in [-0.05, 0) is 110 Å². The molecule has 0 heterocycles. The molecule has 6 rings (SSSR count). The maximum Gasteiger partial charge on any atom is 0.101 e. The predicted molar refractivity (Wildman–Crippen MR) is 161 cm³/mol. The highest BCUT2D eigenvalue weighted by Crippen LogP contribution is 2.59. The SMILES string of the molecule is CCCCCC12CCC(c3ccc(-c4ccc([C@H]5CC[C@H](CCCC)CC5)c(C#N)c4C#N)cc3)(CC1)CC2. The van der Waals surface area contributed by atoms with Crippen molar-refractivity contribution in [2.75, 3.05) is 0 Å². The van der Waals surface area contributed by atoms with Gasteiger partial charge in [0.15, 0.2) is 0 Å². The van der Waals surface area contributed by atoms with E-state index in [0.29, 0.717) is 27.9 Å². The lowest BCUT2D eigenvalue weighted by Gasteiger charge is -2.54. The van der Waals surface area contributed by atoms with E-state index in [1.807, 2.05) is 0 Å². The zero-order valence-corrected chi connectivity index (χ0v) is 24.5. The lowest BCUT2D eigenvalue weighted by Crippen LogP contribution is -2.44. The van der Waals surface area contributed by atoms with Gasteiger partial charge in [0.25, 0.3) is 0 Å². The average molecular weight is 521 g/mol. The summed E-state index contributed by atoms with van der Waals surface area (Å²) in [5.41, 5.74) is 6.75. The molecule has 0 spiro atoms. The molecular weight excluding hydrogens is 472 g/mol. The molecule has 0 atom stereocenters. The minimum absolute atomic E-state index is 0.348. The largest absolute Gasteiger partial charge is 0.192 e. The van der Waals surface area contributed by atoms with Crippen LogP contribution in [-0.2, 0) is 5.41 Å². The van der Waals surface area contributed by atoms with Gasteiger partial charge in [-0.2, -0.15) is 10.5 Å². The number of fused-ring (bicyclic) bond motifs is 3. The van der Waals surface area contributed by atoms with Crippen molar-refractivity contribution in [3.8, 4) is 23.3 Å². The van der Waals surface area contributed by atoms with E-state index < -0.39 is 0 Å². The third-order valence-corrected chi connectivity index (χ3v) is 11.2. The Morgan fingerprint density at radius 1 is 0.718 bits per heavy atom. The van der Waals surface area contributed by atoms with Crippen LogP contribution in [0.5, 0.6) is 0 Å². The van der Waals surface area contributed by atoms with Crippen molar-refractivity contribution in [2.24, 2.45) is 11.3 Å². The van der Waals surface area contributed by atoms with Crippen LogP contribution in [0.4, 0.5) is 0 Å². The zero-order chi connectivity index (χ0) is 27.3. The summed E-state index contributed by atoms with van der Waals surface area (Å²) in [6, 6.07) is 18.3. The maximum atomic E-state index is 10.2. The van der Waals surface area contributed by atoms with E-state index >= 15 is 0 Å². The van der Waals surface area contributed by atoms with Crippen molar-refractivity contribution < 1.29 is 0 Å². The van der Waals surface area contributed by atoms with Gasteiger partial charge in [0, 0.05) is 5.56 Å². The molecule has 0 radical (unpaired) electrons. The number of nitrogens with zero attached hydrogens (tertiary/aromatic N) is 2. The molecule has 4 saturated carbocycles. The van der Waals surface area contributed by atoms with Crippen LogP contribution in [0.15, 0.2) is 36.4 Å². The van der Waals surface area contributed by atoms with Crippen molar-refractivity contribution in [1.29, 1.82) is 10.5 Å². The highest BCUT2D eigenvalue weighted by Gasteiger charge is 2.48. The Morgan fingerprint density at radius 2 is 1.36 bits per heavy atom. The summed E-state index contributed by atoms with van der Waals surface area (Å²) in [4.78, 5) is 0. The molecule has 0 saturated heterocycles. The van der Waals surface area contributed by atoms with Gasteiger partial charge in [-0.1, -0.05) is 88.8 Å². The van der Waals surface area contributed by atoms with E-state index in [4.69, 9.17) is 0 Å². The summed E-state index contributed by atoms with van der Waals surface area (Å²) < 4.78 is 0. The van der Waals surface area contributed by atoms with Crippen LogP contribution >= 0.6 is 0 Å². The Bertz CT molecular complexity index is 1180. The molecule has 0 aromatic heterocycles. The number of hydrogen-bond donors (Lipinski definition) is 0. The van der Waals surface area contributed by atoms with Crippen LogP contribution < -0.4 is 0 Å². The van der Waals surface area contributed by atoms with E-state index in [9.17, 15) is 10.5 Å². The Hall–Kier alpha value is -2.58. The first-order valence-electron chi connectivity index (χ1n) is 16.1. The molecular formula is C37H48N2. The van der Waals surface area contributed by atoms with Crippen LogP contribution in [0, 0.1) is 34.0 Å². The zero-order valence-electron chi connectivity index (χ0n) is 24.5. The summed E-state index contributed by atoms with van der Waals surface area (Å²) in [5, 5.41) is 20.4. The summed E-state index contributed by atoms with van der Waals surface area (Å²) >= 11 is 0. The summed E-state index contributed by atoms with van der Waals surface area (Å²) in [5.74, 6) is 1.25. The Kier molecular flexibility index (Phi) is 8.82. The third kappa shape index (κ3) is 5.68. The number of benzene rings is 2. The minimum atomic E-state index is 0.348. The molecule has 206 valence electrons. The average Bonchev–Trinajstić information content (AvgIpc) is 3.00. The lowest BCUT2D eigenvalue weighted by atomic mass is 9.51. The maximum absolute atomic E-state index is 10.2. The second-order valence-electron chi connectivity index (χ2n) is 13.4. The van der Waals surface area contributed by atoms with Crippen LogP contribution in [0.25, 0.3) is 11.1 Å². The van der Waals surface area contributed by atoms with Crippen LogP contribution in [-0.4, -0.2) is 0 Å². The monoisotopic (exact) mass is 520 g/mol. The van der Waals surface area contributed by atoms with Gasteiger partial charge in [-0.25, -0.2) is 0 Å². The van der Waals surface area contributed by atoms with Crippen LogP contribution in [0.3, 0.4) is 0 Å². The number of unbranched alkanes of at least 4 members (excludes halogenated alkanes) is 3. The highest BCUT2D eigenvalue weighted by molar-refractivity contribution is 5.75. The summed E-state index contributed by atoms with van der Waals surface area (Å²) in [7, 11) is 0. The van der Waals surface area contributed by atoms with E-state index in [1.54, 1.807) is 0 Å². The quantitative estimate of drug-likeness (QED) is 0.292. The molecule has 0 unspecified atom stereocenters. The van der Waals surface area contributed by atoms with Crippen molar-refractivity contribution in [3.63, 3.8) is 0 Å². The molecule has 4 aliphatic rings. The van der Waals surface area contributed by atoms with Gasteiger partial charge in [0.2, 0.25) is 0 Å². The molecule has 2 nitrogen and oxygen atoms in total. The van der Waals surface area contributed by atoms with E-state index in [0.717, 1.165) is 35.4 Å². The topological polar surface area (TPSA) is 47.6 Å². The van der Waals surface area contributed by atoms with E-state index in [-0.39, 0.29) is 0 Å². The fraction of sp³-hybridized carbons (Fsp3) is 0.622. The first-order chi connectivity index (χ1) is 19.1. The van der Waals surface area contributed by atoms with E-state index in [2.05, 4.69) is 62.4 Å². The molecule has 2 aromatic carbocycles. The van der Waals surface area contributed by atoms with Crippen molar-refractivity contribution in [3.05, 3.63) is 58.7 Å². The van der Waals surface area contributed by atoms with Gasteiger partial charge < -0.3 is 0 Å². The van der Waals surface area contributed by atoms with Crippen molar-refractivity contribution in [2.45, 2.75) is 134 Å². The number of hydrogen-bond acceptors (Lipinski definition) is 2. The summed E-state index contributed by atoms with van der Waals surface area (Å²) in [6.07, 6.45) is 22.4. The van der Waals surface area contributed by atoms with E-state index in [1.165, 1.54) is 102 Å². The lowest BCUT2D eigenvalue weighted by molar-refractivity contribution is 0.0305. The number of nitriles is 2. The molecule has 4 aliphatic carbocycles. The van der Waals surface area contributed by atoms with Crippen molar-refractivity contribution in [1.82, 2.24) is 0 Å². The second kappa shape index (κ2) is 12.3. The highest BCUT2D eigenvalue weighted by atomic mass is 14.5. The van der Waals surface area contributed by atoms with Crippen LogP contribution in [0.1, 0.15) is 151 Å². The summed E-state index contributed by atoms with van der Waals surface area (Å²) in [6.45, 7) is 4.58. The third-order valence-electron chi connectivity index (χ3n) is 11.2. The fourth-order valence-electron chi connectivity index (χ4n) is 8.52. The molecule has 0 aliphatic heterocycles. The normalized spacial score (nSPS) is 28.1. The second-order valence-corrected chi connectivity index (χ2v) is 13.4. The molecule has 2 heteroatoms. The minimum Gasteiger partial charge on any atom is -0.192 e. The van der Waals surface area contributed by atoms with Gasteiger partial charge in [0.1, 0.15) is 12.1 Å². The Morgan fingerprint density at radius 3 is 1.95 bits per heavy atom. The van der Waals surface area contributed by atoms with Gasteiger partial charge in [-0.15, -0.1) is 0 Å². The fourth-order valence-corrected chi connectivity index (χ4v) is 8.52. The molecule has 2 bridgehead atoms. The number of rotatable bonds is 10. The van der Waals surface area contributed by atoms with Crippen molar-refractivity contribution >= 4 is 0 Å². The smallest absolute Gasteiger partial charge is 0.101 e. The standard InChI is InChI=1S/C37H48N2/c1-3-5-7-19-36-20-23-37(24-21-36,25-22-36)31-15-13-30(14-16-31)33-18-17-32(34(26-38)35(33)27-39)29-11-9-28(10-12-29)8-6-4-2/h13-18,28-29H,3-12,19-25H2,1-2H3/t28-,29-,36?,37?. The molecule has 39 heavy (non-hydrogen) atoms. The Balaban J connectivity index is 1.32. The van der Waals surface area contributed by atoms with Gasteiger partial charge >= 0.3 is 0 Å². The first-order valence-corrected chi connectivity index (χ1v) is 16.1. The van der Waals surface area contributed by atoms with Gasteiger partial charge in [0.05, 0.1) is 11.1 Å². The molecule has 0 N–H and O–H groups in total. The Labute approximate surface area is 237 Å². The molecule has 4 fully saturated rings. The first kappa shape index (κ1) is 28.0. The van der Waals surface area contributed by atoms with Gasteiger partial charge in [-0.3, -0.25) is 0 Å². The molecule has 2 aromatic rings. The molecule has 0 amide bonds.